The molecule has 0 aromatic heterocycles. The number of rotatable bonds is 3. The highest BCUT2D eigenvalue weighted by atomic mass is 32.2. The van der Waals surface area contributed by atoms with E-state index in [-0.39, 0.29) is 5.41 Å². The molecule has 1 rings (SSSR count). The van der Waals surface area contributed by atoms with Crippen molar-refractivity contribution < 1.29 is 8.76 Å². The lowest BCUT2D eigenvalue weighted by Gasteiger charge is -2.46. The van der Waals surface area contributed by atoms with Gasteiger partial charge < -0.3 is 4.55 Å². The van der Waals surface area contributed by atoms with Crippen molar-refractivity contribution in [2.24, 2.45) is 11.3 Å². The average molecular weight is 175 g/mol. The first-order chi connectivity index (χ1) is 5.08. The summed E-state index contributed by atoms with van der Waals surface area (Å²) in [5.41, 5.74) is 0.145. The summed E-state index contributed by atoms with van der Waals surface area (Å²) in [4.78, 5) is 0. The van der Waals surface area contributed by atoms with Crippen LogP contribution < -0.4 is 0 Å². The molecule has 0 aromatic carbocycles. The van der Waals surface area contributed by atoms with E-state index in [1.165, 1.54) is 0 Å². The van der Waals surface area contributed by atoms with Crippen molar-refractivity contribution in [1.29, 1.82) is 0 Å². The van der Waals surface area contributed by atoms with Crippen LogP contribution in [0, 0.1) is 11.3 Å². The summed E-state index contributed by atoms with van der Waals surface area (Å²) >= 11 is -1.85. The van der Waals surface area contributed by atoms with Gasteiger partial charge in [-0.2, -0.15) is 0 Å². The van der Waals surface area contributed by atoms with Gasteiger partial charge in [-0.3, -0.25) is 4.21 Å². The second kappa shape index (κ2) is 3.23. The lowest BCUT2D eigenvalue weighted by Crippen LogP contribution is -2.39. The molecule has 1 fully saturated rings. The Morgan fingerprint density at radius 3 is 2.45 bits per heavy atom. The fraction of sp³-hybridized carbons (Fsp3) is 1.00. The van der Waals surface area contributed by atoms with E-state index < -0.39 is 11.1 Å². The fourth-order valence-corrected chi connectivity index (χ4v) is 3.12. The fourth-order valence-electron chi connectivity index (χ4n) is 2.18. The third kappa shape index (κ3) is 2.03. The van der Waals surface area contributed by atoms with E-state index in [0.29, 0.717) is 5.75 Å². The van der Waals surface area contributed by atoms with Crippen LogP contribution in [0.15, 0.2) is 0 Å². The summed E-state index contributed by atoms with van der Waals surface area (Å²) in [6.07, 6.45) is 3.19. The van der Waals surface area contributed by atoms with Gasteiger partial charge in [0.05, 0.1) is 0 Å². The lowest BCUT2D eigenvalue weighted by molar-refractivity contribution is 0.0865. The maximum Gasteiger partial charge on any atom is 0.0158 e. The van der Waals surface area contributed by atoms with Crippen LogP contribution in [0.2, 0.25) is 0 Å². The van der Waals surface area contributed by atoms with Crippen molar-refractivity contribution in [1.82, 2.24) is 0 Å². The largest absolute Gasteiger partial charge is 0.772 e. The van der Waals surface area contributed by atoms with Crippen LogP contribution >= 0.6 is 0 Å². The van der Waals surface area contributed by atoms with Crippen LogP contribution in [0.5, 0.6) is 0 Å². The minimum absolute atomic E-state index is 0.145. The molecule has 1 aliphatic rings. The van der Waals surface area contributed by atoms with E-state index in [4.69, 9.17) is 0 Å². The second-order valence-electron chi connectivity index (χ2n) is 3.82. The average Bonchev–Trinajstić information content (AvgIpc) is 1.82. The van der Waals surface area contributed by atoms with Crippen LogP contribution in [0.4, 0.5) is 0 Å². The highest BCUT2D eigenvalue weighted by Crippen LogP contribution is 2.48. The molecular weight excluding hydrogens is 160 g/mol. The SMILES string of the molecule is CCC1(CS(=O)[O-])CC(C)C1. The first kappa shape index (κ1) is 9.20. The zero-order valence-electron chi connectivity index (χ0n) is 7.13. The standard InChI is InChI=1S/C8H16O2S/c1-3-8(6-11(9)10)4-7(2)5-8/h7H,3-6H2,1-2H3,(H,9,10)/p-1. The highest BCUT2D eigenvalue weighted by molar-refractivity contribution is 7.79. The van der Waals surface area contributed by atoms with Crippen LogP contribution in [0.1, 0.15) is 33.1 Å². The Bertz CT molecular complexity index is 161. The van der Waals surface area contributed by atoms with Gasteiger partial charge in [0, 0.05) is 5.75 Å². The molecule has 0 bridgehead atoms. The van der Waals surface area contributed by atoms with Gasteiger partial charge in [-0.15, -0.1) is 0 Å². The monoisotopic (exact) mass is 175 g/mol. The van der Waals surface area contributed by atoms with Crippen LogP contribution in [0.25, 0.3) is 0 Å². The summed E-state index contributed by atoms with van der Waals surface area (Å²) in [5.74, 6) is 1.10. The quantitative estimate of drug-likeness (QED) is 0.612. The summed E-state index contributed by atoms with van der Waals surface area (Å²) in [5, 5.41) is 0. The molecule has 0 aromatic rings. The van der Waals surface area contributed by atoms with Gasteiger partial charge in [0.1, 0.15) is 0 Å². The minimum atomic E-state index is -1.85. The molecule has 0 radical (unpaired) electrons. The van der Waals surface area contributed by atoms with Gasteiger partial charge in [-0.1, -0.05) is 24.9 Å². The number of hydrogen-bond donors (Lipinski definition) is 0. The van der Waals surface area contributed by atoms with Gasteiger partial charge in [0.25, 0.3) is 0 Å². The highest BCUT2D eigenvalue weighted by Gasteiger charge is 2.40. The molecule has 0 heterocycles. The van der Waals surface area contributed by atoms with Crippen molar-refractivity contribution in [2.45, 2.75) is 33.1 Å². The molecule has 11 heavy (non-hydrogen) atoms. The molecule has 1 aliphatic carbocycles. The summed E-state index contributed by atoms with van der Waals surface area (Å²) in [6.45, 7) is 4.26. The van der Waals surface area contributed by atoms with Crippen LogP contribution in [-0.2, 0) is 11.1 Å². The molecule has 0 saturated heterocycles. The normalized spacial score (nSPS) is 39.7. The molecule has 3 heteroatoms. The van der Waals surface area contributed by atoms with Crippen molar-refractivity contribution in [3.63, 3.8) is 0 Å². The first-order valence-corrected chi connectivity index (χ1v) is 5.38. The Morgan fingerprint density at radius 1 is 1.64 bits per heavy atom. The third-order valence-corrected chi connectivity index (χ3v) is 3.59. The van der Waals surface area contributed by atoms with Gasteiger partial charge >= 0.3 is 0 Å². The van der Waals surface area contributed by atoms with Gasteiger partial charge in [0.15, 0.2) is 0 Å². The van der Waals surface area contributed by atoms with E-state index >= 15 is 0 Å². The first-order valence-electron chi connectivity index (χ1n) is 4.14. The molecule has 0 spiro atoms. The minimum Gasteiger partial charge on any atom is -0.772 e. The van der Waals surface area contributed by atoms with E-state index in [0.717, 1.165) is 25.2 Å². The second-order valence-corrected chi connectivity index (χ2v) is 4.71. The van der Waals surface area contributed by atoms with E-state index in [1.807, 2.05) is 0 Å². The van der Waals surface area contributed by atoms with Gasteiger partial charge in [-0.05, 0) is 30.6 Å². The van der Waals surface area contributed by atoms with Crippen molar-refractivity contribution >= 4 is 11.1 Å². The lowest BCUT2D eigenvalue weighted by atomic mass is 9.62. The van der Waals surface area contributed by atoms with Gasteiger partial charge in [-0.25, -0.2) is 0 Å². The van der Waals surface area contributed by atoms with Crippen molar-refractivity contribution in [3.8, 4) is 0 Å². The zero-order valence-corrected chi connectivity index (χ0v) is 7.95. The molecule has 2 nitrogen and oxygen atoms in total. The molecular formula is C8H15O2S-. The Kier molecular flexibility index (Phi) is 2.70. The molecule has 1 saturated carbocycles. The maximum absolute atomic E-state index is 10.5. The smallest absolute Gasteiger partial charge is 0.0158 e. The molecule has 66 valence electrons. The Labute approximate surface area is 70.7 Å². The van der Waals surface area contributed by atoms with Crippen LogP contribution in [-0.4, -0.2) is 14.5 Å². The Hall–Kier alpha value is 0.110. The molecule has 1 atom stereocenters. The summed E-state index contributed by atoms with van der Waals surface area (Å²) in [7, 11) is 0. The maximum atomic E-state index is 10.5. The van der Waals surface area contributed by atoms with Crippen LogP contribution in [0.3, 0.4) is 0 Å². The van der Waals surface area contributed by atoms with Crippen molar-refractivity contribution in [3.05, 3.63) is 0 Å². The Morgan fingerprint density at radius 2 is 2.18 bits per heavy atom. The van der Waals surface area contributed by atoms with Gasteiger partial charge in [0.2, 0.25) is 0 Å². The van der Waals surface area contributed by atoms with E-state index in [2.05, 4.69) is 13.8 Å². The third-order valence-electron chi connectivity index (χ3n) is 2.74. The molecule has 0 N–H and O–H groups in total. The topological polar surface area (TPSA) is 40.1 Å². The van der Waals surface area contributed by atoms with E-state index in [9.17, 15) is 8.76 Å². The molecule has 0 amide bonds. The molecule has 1 unspecified atom stereocenters. The predicted octanol–water partition coefficient (Wildman–Crippen LogP) is 1.69. The summed E-state index contributed by atoms with van der Waals surface area (Å²) < 4.78 is 20.9. The zero-order chi connectivity index (χ0) is 8.48. The van der Waals surface area contributed by atoms with E-state index in [1.54, 1.807) is 0 Å². The predicted molar refractivity (Wildman–Crippen MR) is 44.9 cm³/mol. The summed E-state index contributed by atoms with van der Waals surface area (Å²) in [6, 6.07) is 0. The van der Waals surface area contributed by atoms with Crippen molar-refractivity contribution in [2.75, 3.05) is 5.75 Å². The molecule has 0 aliphatic heterocycles. The Balaban J connectivity index is 2.44. The number of hydrogen-bond acceptors (Lipinski definition) is 2.